The number of pyridine rings is 1. The fourth-order valence-electron chi connectivity index (χ4n) is 1.40. The predicted octanol–water partition coefficient (Wildman–Crippen LogP) is 0.931. The number of nitrogens with one attached hydrogen (secondary N) is 1. The van der Waals surface area contributed by atoms with Gasteiger partial charge in [-0.1, -0.05) is 0 Å². The minimum absolute atomic E-state index is 0.0266. The molecule has 0 bridgehead atoms. The molecule has 1 rings (SSSR count). The molecule has 18 heavy (non-hydrogen) atoms. The van der Waals surface area contributed by atoms with Crippen molar-refractivity contribution >= 4 is 28.3 Å². The van der Waals surface area contributed by atoms with E-state index in [2.05, 4.69) is 10.3 Å². The second-order valence-electron chi connectivity index (χ2n) is 4.07. The summed E-state index contributed by atoms with van der Waals surface area (Å²) < 4.78 is 11.0. The third-order valence-electron chi connectivity index (χ3n) is 2.40. The van der Waals surface area contributed by atoms with Gasteiger partial charge in [-0.15, -0.1) is 0 Å². The number of carboxylic acid groups (broad SMARTS) is 1. The lowest BCUT2D eigenvalue weighted by Gasteiger charge is -2.14. The van der Waals surface area contributed by atoms with Gasteiger partial charge >= 0.3 is 5.97 Å². The maximum atomic E-state index is 11.0. The molecule has 100 valence electrons. The van der Waals surface area contributed by atoms with Crippen LogP contribution in [0, 0.1) is 0 Å². The Morgan fingerprint density at radius 2 is 2.33 bits per heavy atom. The number of anilines is 2. The van der Waals surface area contributed by atoms with Crippen molar-refractivity contribution in [3.05, 3.63) is 17.8 Å². The Hall–Kier alpha value is -1.63. The van der Waals surface area contributed by atoms with Crippen LogP contribution >= 0.6 is 0 Å². The summed E-state index contributed by atoms with van der Waals surface area (Å²) in [5, 5.41) is 12.0. The summed E-state index contributed by atoms with van der Waals surface area (Å²) in [6.45, 7) is 1.92. The van der Waals surface area contributed by atoms with Gasteiger partial charge in [-0.25, -0.2) is 9.78 Å². The van der Waals surface area contributed by atoms with E-state index in [4.69, 9.17) is 10.8 Å². The molecule has 2 unspecified atom stereocenters. The van der Waals surface area contributed by atoms with Crippen molar-refractivity contribution < 1.29 is 14.1 Å². The highest BCUT2D eigenvalue weighted by Gasteiger charge is 2.11. The highest BCUT2D eigenvalue weighted by Crippen LogP contribution is 2.15. The number of nitrogen functional groups attached to an aromatic ring is 1. The first-order valence-corrected chi connectivity index (χ1v) is 7.18. The van der Waals surface area contributed by atoms with Gasteiger partial charge in [0.1, 0.15) is 5.82 Å². The Morgan fingerprint density at radius 1 is 1.67 bits per heavy atom. The van der Waals surface area contributed by atoms with Gasteiger partial charge in [0.15, 0.2) is 0 Å². The SMILES string of the molecule is CC(CCS(C)=O)Nc1cc(C(=O)O)c(N)cn1. The number of nitrogens with two attached hydrogens (primary N) is 1. The molecule has 0 aliphatic carbocycles. The second-order valence-corrected chi connectivity index (χ2v) is 5.63. The molecule has 0 spiro atoms. The number of rotatable bonds is 6. The molecule has 0 radical (unpaired) electrons. The van der Waals surface area contributed by atoms with Crippen LogP contribution in [0.5, 0.6) is 0 Å². The van der Waals surface area contributed by atoms with Crippen molar-refractivity contribution in [1.82, 2.24) is 4.98 Å². The number of aromatic carboxylic acids is 1. The van der Waals surface area contributed by atoms with Gasteiger partial charge in [0, 0.05) is 28.9 Å². The maximum Gasteiger partial charge on any atom is 0.337 e. The van der Waals surface area contributed by atoms with E-state index in [-0.39, 0.29) is 17.3 Å². The van der Waals surface area contributed by atoms with E-state index in [9.17, 15) is 9.00 Å². The fourth-order valence-corrected chi connectivity index (χ4v) is 2.08. The van der Waals surface area contributed by atoms with Crippen LogP contribution in [0.25, 0.3) is 0 Å². The number of hydrogen-bond donors (Lipinski definition) is 3. The van der Waals surface area contributed by atoms with Crippen molar-refractivity contribution in [1.29, 1.82) is 0 Å². The van der Waals surface area contributed by atoms with E-state index in [1.165, 1.54) is 12.3 Å². The maximum absolute atomic E-state index is 11.0. The highest BCUT2D eigenvalue weighted by molar-refractivity contribution is 7.84. The molecule has 0 aliphatic heterocycles. The molecule has 0 fully saturated rings. The lowest BCUT2D eigenvalue weighted by Crippen LogP contribution is -2.19. The van der Waals surface area contributed by atoms with Crippen LogP contribution < -0.4 is 11.1 Å². The zero-order valence-electron chi connectivity index (χ0n) is 10.3. The van der Waals surface area contributed by atoms with Crippen molar-refractivity contribution in [3.8, 4) is 0 Å². The van der Waals surface area contributed by atoms with Crippen molar-refractivity contribution in [2.75, 3.05) is 23.1 Å². The number of aromatic nitrogens is 1. The van der Waals surface area contributed by atoms with Gasteiger partial charge in [0.25, 0.3) is 0 Å². The van der Waals surface area contributed by atoms with E-state index < -0.39 is 16.8 Å². The summed E-state index contributed by atoms with van der Waals surface area (Å²) >= 11 is 0. The Labute approximate surface area is 108 Å². The molecule has 0 aromatic carbocycles. The first-order chi connectivity index (χ1) is 8.40. The molecular weight excluding hydrogens is 254 g/mol. The van der Waals surface area contributed by atoms with Crippen LogP contribution in [0.1, 0.15) is 23.7 Å². The minimum atomic E-state index is -1.08. The standard InChI is InChI=1S/C11H17N3O3S/c1-7(3-4-18(2)17)14-10-5-8(11(15)16)9(12)6-13-10/h5-7H,3-4,12H2,1-2H3,(H,13,14)(H,15,16). The normalized spacial score (nSPS) is 13.9. The summed E-state index contributed by atoms with van der Waals surface area (Å²) in [6, 6.07) is 1.46. The predicted molar refractivity (Wildman–Crippen MR) is 72.2 cm³/mol. The molecule has 0 saturated carbocycles. The van der Waals surface area contributed by atoms with Gasteiger partial charge in [-0.05, 0) is 19.4 Å². The zero-order chi connectivity index (χ0) is 13.7. The molecule has 1 heterocycles. The van der Waals surface area contributed by atoms with Crippen LogP contribution in [-0.2, 0) is 10.8 Å². The molecule has 0 saturated heterocycles. The smallest absolute Gasteiger partial charge is 0.337 e. The topological polar surface area (TPSA) is 105 Å². The summed E-state index contributed by atoms with van der Waals surface area (Å²) in [4.78, 5) is 14.9. The van der Waals surface area contributed by atoms with Crippen LogP contribution in [0.3, 0.4) is 0 Å². The van der Waals surface area contributed by atoms with E-state index in [1.54, 1.807) is 6.26 Å². The number of hydrogen-bond acceptors (Lipinski definition) is 5. The third-order valence-corrected chi connectivity index (χ3v) is 3.21. The van der Waals surface area contributed by atoms with Gasteiger partial charge in [0.2, 0.25) is 0 Å². The lowest BCUT2D eigenvalue weighted by atomic mass is 10.2. The van der Waals surface area contributed by atoms with Gasteiger partial charge in [-0.2, -0.15) is 0 Å². The van der Waals surface area contributed by atoms with Crippen LogP contribution in [-0.4, -0.2) is 38.3 Å². The van der Waals surface area contributed by atoms with Crippen LogP contribution in [0.15, 0.2) is 12.3 Å². The summed E-state index contributed by atoms with van der Waals surface area (Å²) in [7, 11) is -0.834. The number of carbonyl (C=O) groups is 1. The van der Waals surface area contributed by atoms with Crippen molar-refractivity contribution in [2.45, 2.75) is 19.4 Å². The largest absolute Gasteiger partial charge is 0.478 e. The van der Waals surface area contributed by atoms with Gasteiger partial charge < -0.3 is 16.2 Å². The first-order valence-electron chi connectivity index (χ1n) is 5.45. The molecule has 2 atom stereocenters. The summed E-state index contributed by atoms with van der Waals surface area (Å²) in [5.41, 5.74) is 5.67. The van der Waals surface area contributed by atoms with Crippen molar-refractivity contribution in [2.24, 2.45) is 0 Å². The average Bonchev–Trinajstić information content (AvgIpc) is 2.28. The molecule has 4 N–H and O–H groups in total. The molecular formula is C11H17N3O3S. The molecule has 7 heteroatoms. The molecule has 1 aromatic rings. The lowest BCUT2D eigenvalue weighted by molar-refractivity contribution is 0.0698. The molecule has 0 amide bonds. The highest BCUT2D eigenvalue weighted by atomic mass is 32.2. The Morgan fingerprint density at radius 3 is 2.89 bits per heavy atom. The molecule has 6 nitrogen and oxygen atoms in total. The minimum Gasteiger partial charge on any atom is -0.478 e. The zero-order valence-corrected chi connectivity index (χ0v) is 11.2. The third kappa shape index (κ3) is 4.33. The van der Waals surface area contributed by atoms with E-state index in [0.29, 0.717) is 11.6 Å². The van der Waals surface area contributed by atoms with E-state index >= 15 is 0 Å². The van der Waals surface area contributed by atoms with E-state index in [1.807, 2.05) is 6.92 Å². The Bertz CT molecular complexity index is 465. The van der Waals surface area contributed by atoms with Gasteiger partial charge in [0.05, 0.1) is 17.4 Å². The monoisotopic (exact) mass is 271 g/mol. The van der Waals surface area contributed by atoms with Crippen molar-refractivity contribution in [3.63, 3.8) is 0 Å². The Kier molecular flexibility index (Phi) is 5.08. The summed E-state index contributed by atoms with van der Waals surface area (Å²) in [6.07, 6.45) is 3.69. The molecule has 1 aromatic heterocycles. The summed E-state index contributed by atoms with van der Waals surface area (Å²) in [5.74, 6) is -0.0363. The number of carboxylic acids is 1. The second kappa shape index (κ2) is 6.34. The van der Waals surface area contributed by atoms with Crippen LogP contribution in [0.4, 0.5) is 11.5 Å². The van der Waals surface area contributed by atoms with Crippen LogP contribution in [0.2, 0.25) is 0 Å². The van der Waals surface area contributed by atoms with Gasteiger partial charge in [-0.3, -0.25) is 4.21 Å². The Balaban J connectivity index is 2.70. The quantitative estimate of drug-likeness (QED) is 0.711. The van der Waals surface area contributed by atoms with E-state index in [0.717, 1.165) is 6.42 Å². The molecule has 0 aliphatic rings. The number of nitrogens with zero attached hydrogens (tertiary/aromatic N) is 1. The average molecular weight is 271 g/mol. The fraction of sp³-hybridized carbons (Fsp3) is 0.455. The first kappa shape index (κ1) is 14.4.